The van der Waals surface area contributed by atoms with Crippen molar-refractivity contribution in [1.29, 1.82) is 0 Å². The summed E-state index contributed by atoms with van der Waals surface area (Å²) in [5.41, 5.74) is 7.00. The van der Waals surface area contributed by atoms with Crippen molar-refractivity contribution in [1.82, 2.24) is 0 Å². The zero-order valence-corrected chi connectivity index (χ0v) is 11.0. The summed E-state index contributed by atoms with van der Waals surface area (Å²) >= 11 is 6.24. The third kappa shape index (κ3) is 2.65. The Morgan fingerprint density at radius 1 is 1.41 bits per heavy atom. The maximum atomic E-state index is 9.87. The summed E-state index contributed by atoms with van der Waals surface area (Å²) in [6.45, 7) is 2.10. The van der Waals surface area contributed by atoms with E-state index in [-0.39, 0.29) is 6.54 Å². The highest BCUT2D eigenvalue weighted by atomic mass is 35.5. The largest absolute Gasteiger partial charge is 0.493 e. The Kier molecular flexibility index (Phi) is 5.05. The molecule has 0 spiro atoms. The van der Waals surface area contributed by atoms with Crippen LogP contribution in [0.25, 0.3) is 0 Å². The zero-order chi connectivity index (χ0) is 13.0. The van der Waals surface area contributed by atoms with Gasteiger partial charge in [-0.1, -0.05) is 18.5 Å². The average molecular weight is 260 g/mol. The van der Waals surface area contributed by atoms with Gasteiger partial charge in [-0.15, -0.1) is 0 Å². The molecule has 1 atom stereocenters. The molecule has 4 nitrogen and oxygen atoms in total. The number of methoxy groups -OCH3 is 2. The van der Waals surface area contributed by atoms with E-state index in [1.807, 2.05) is 6.92 Å². The molecule has 0 fully saturated rings. The fourth-order valence-electron chi connectivity index (χ4n) is 1.79. The first-order valence-electron chi connectivity index (χ1n) is 5.42. The van der Waals surface area contributed by atoms with E-state index in [2.05, 4.69) is 0 Å². The smallest absolute Gasteiger partial charge is 0.179 e. The lowest BCUT2D eigenvalue weighted by molar-refractivity contribution is 0.185. The molecular formula is C12H18ClNO3. The maximum absolute atomic E-state index is 9.87. The van der Waals surface area contributed by atoms with Crippen LogP contribution in [-0.4, -0.2) is 25.9 Å². The van der Waals surface area contributed by atoms with Gasteiger partial charge < -0.3 is 20.3 Å². The topological polar surface area (TPSA) is 64.7 Å². The van der Waals surface area contributed by atoms with Crippen LogP contribution < -0.4 is 15.2 Å². The highest BCUT2D eigenvalue weighted by Crippen LogP contribution is 2.41. The van der Waals surface area contributed by atoms with Gasteiger partial charge in [-0.25, -0.2) is 0 Å². The Morgan fingerprint density at radius 2 is 2.06 bits per heavy atom. The summed E-state index contributed by atoms with van der Waals surface area (Å²) in [5, 5.41) is 10.3. The summed E-state index contributed by atoms with van der Waals surface area (Å²) in [6, 6.07) is 1.72. The van der Waals surface area contributed by atoms with Crippen molar-refractivity contribution in [2.75, 3.05) is 20.8 Å². The maximum Gasteiger partial charge on any atom is 0.179 e. The van der Waals surface area contributed by atoms with Gasteiger partial charge >= 0.3 is 0 Å². The first kappa shape index (κ1) is 14.1. The van der Waals surface area contributed by atoms with Gasteiger partial charge in [0.2, 0.25) is 0 Å². The standard InChI is InChI=1S/C12H18ClNO3/c1-4-7-8(9(15)6-14)5-10(16-2)12(17-3)11(7)13/h5,9,15H,4,6,14H2,1-3H3. The summed E-state index contributed by atoms with van der Waals surface area (Å²) in [5.74, 6) is 0.983. The summed E-state index contributed by atoms with van der Waals surface area (Å²) in [4.78, 5) is 0. The molecule has 0 saturated carbocycles. The molecule has 1 aromatic rings. The van der Waals surface area contributed by atoms with Gasteiger partial charge in [0, 0.05) is 6.54 Å². The quantitative estimate of drug-likeness (QED) is 0.848. The van der Waals surface area contributed by atoms with Crippen LogP contribution in [-0.2, 0) is 6.42 Å². The molecule has 1 rings (SSSR count). The first-order valence-corrected chi connectivity index (χ1v) is 5.79. The van der Waals surface area contributed by atoms with E-state index < -0.39 is 6.10 Å². The monoisotopic (exact) mass is 259 g/mol. The van der Waals surface area contributed by atoms with Gasteiger partial charge in [0.05, 0.1) is 25.3 Å². The van der Waals surface area contributed by atoms with E-state index in [1.54, 1.807) is 6.07 Å². The molecule has 0 aliphatic rings. The summed E-state index contributed by atoms with van der Waals surface area (Å²) in [7, 11) is 3.06. The number of aliphatic hydroxyl groups is 1. The van der Waals surface area contributed by atoms with E-state index in [0.717, 1.165) is 5.56 Å². The molecule has 3 N–H and O–H groups in total. The normalized spacial score (nSPS) is 12.4. The van der Waals surface area contributed by atoms with Crippen LogP contribution in [0.1, 0.15) is 24.2 Å². The van der Waals surface area contributed by atoms with Crippen LogP contribution >= 0.6 is 11.6 Å². The van der Waals surface area contributed by atoms with E-state index in [0.29, 0.717) is 28.5 Å². The predicted molar refractivity (Wildman–Crippen MR) is 67.9 cm³/mol. The van der Waals surface area contributed by atoms with Gasteiger partial charge in [0.1, 0.15) is 0 Å². The number of hydrogen-bond acceptors (Lipinski definition) is 4. The molecule has 1 unspecified atom stereocenters. The van der Waals surface area contributed by atoms with Crippen molar-refractivity contribution < 1.29 is 14.6 Å². The molecule has 1 aromatic carbocycles. The number of aliphatic hydroxyl groups excluding tert-OH is 1. The molecule has 96 valence electrons. The molecule has 0 radical (unpaired) electrons. The van der Waals surface area contributed by atoms with Crippen LogP contribution in [0, 0.1) is 0 Å². The van der Waals surface area contributed by atoms with Gasteiger partial charge in [-0.2, -0.15) is 0 Å². The highest BCUT2D eigenvalue weighted by molar-refractivity contribution is 6.33. The molecule has 5 heteroatoms. The molecule has 0 aromatic heterocycles. The first-order chi connectivity index (χ1) is 8.10. The minimum absolute atomic E-state index is 0.138. The fraction of sp³-hybridized carbons (Fsp3) is 0.500. The van der Waals surface area contributed by atoms with Crippen molar-refractivity contribution in [3.63, 3.8) is 0 Å². The van der Waals surface area contributed by atoms with E-state index in [9.17, 15) is 5.11 Å². The van der Waals surface area contributed by atoms with Crippen molar-refractivity contribution in [2.45, 2.75) is 19.4 Å². The number of benzene rings is 1. The number of rotatable bonds is 5. The van der Waals surface area contributed by atoms with Gasteiger partial charge in [0.15, 0.2) is 11.5 Å². The Balaban J connectivity index is 3.45. The van der Waals surface area contributed by atoms with Crippen molar-refractivity contribution in [3.05, 3.63) is 22.2 Å². The molecule has 0 aliphatic heterocycles. The lowest BCUT2D eigenvalue weighted by Gasteiger charge is -2.19. The zero-order valence-electron chi connectivity index (χ0n) is 10.3. The number of ether oxygens (including phenoxy) is 2. The summed E-state index contributed by atoms with van der Waals surface area (Å²) in [6.07, 6.45) is -0.0618. The van der Waals surface area contributed by atoms with Crippen LogP contribution in [0.5, 0.6) is 11.5 Å². The summed E-state index contributed by atoms with van der Waals surface area (Å²) < 4.78 is 10.4. The average Bonchev–Trinajstić information content (AvgIpc) is 2.36. The number of hydrogen-bond donors (Lipinski definition) is 2. The van der Waals surface area contributed by atoms with Gasteiger partial charge in [0.25, 0.3) is 0 Å². The van der Waals surface area contributed by atoms with Crippen LogP contribution in [0.15, 0.2) is 6.07 Å². The molecule has 0 heterocycles. The molecule has 0 saturated heterocycles. The minimum atomic E-state index is -0.748. The number of nitrogens with two attached hydrogens (primary N) is 1. The number of halogens is 1. The van der Waals surface area contributed by atoms with E-state index in [4.69, 9.17) is 26.8 Å². The third-order valence-electron chi connectivity index (χ3n) is 2.68. The Bertz CT molecular complexity index is 396. The Hall–Kier alpha value is -0.970. The second-order valence-corrected chi connectivity index (χ2v) is 3.98. The molecule has 0 amide bonds. The highest BCUT2D eigenvalue weighted by Gasteiger charge is 2.20. The van der Waals surface area contributed by atoms with Gasteiger partial charge in [-0.05, 0) is 23.6 Å². The SMILES string of the molecule is CCc1c(C(O)CN)cc(OC)c(OC)c1Cl. The minimum Gasteiger partial charge on any atom is -0.493 e. The lowest BCUT2D eigenvalue weighted by atomic mass is 9.99. The second kappa shape index (κ2) is 6.10. The van der Waals surface area contributed by atoms with Crippen molar-refractivity contribution >= 4 is 11.6 Å². The molecular weight excluding hydrogens is 242 g/mol. The Morgan fingerprint density at radius 3 is 2.47 bits per heavy atom. The van der Waals surface area contributed by atoms with Crippen molar-refractivity contribution in [3.8, 4) is 11.5 Å². The van der Waals surface area contributed by atoms with Crippen LogP contribution in [0.3, 0.4) is 0 Å². The molecule has 0 aliphatic carbocycles. The van der Waals surface area contributed by atoms with Gasteiger partial charge in [-0.3, -0.25) is 0 Å². The lowest BCUT2D eigenvalue weighted by Crippen LogP contribution is -2.14. The third-order valence-corrected chi connectivity index (χ3v) is 3.08. The fourth-order valence-corrected chi connectivity index (χ4v) is 2.20. The predicted octanol–water partition coefficient (Wildman–Crippen LogP) is 1.91. The van der Waals surface area contributed by atoms with Crippen molar-refractivity contribution in [2.24, 2.45) is 5.73 Å². The second-order valence-electron chi connectivity index (χ2n) is 3.60. The van der Waals surface area contributed by atoms with Crippen LogP contribution in [0.2, 0.25) is 5.02 Å². The molecule has 0 bridgehead atoms. The Labute approximate surface area is 106 Å². The van der Waals surface area contributed by atoms with E-state index in [1.165, 1.54) is 14.2 Å². The van der Waals surface area contributed by atoms with E-state index >= 15 is 0 Å². The molecule has 17 heavy (non-hydrogen) atoms. The van der Waals surface area contributed by atoms with Crippen LogP contribution in [0.4, 0.5) is 0 Å².